The molecule has 1 amide bonds. The van der Waals surface area contributed by atoms with Gasteiger partial charge in [-0.3, -0.25) is 4.79 Å². The summed E-state index contributed by atoms with van der Waals surface area (Å²) in [4.78, 5) is 11.9. The Hall–Kier alpha value is -2.56. The van der Waals surface area contributed by atoms with Gasteiger partial charge in [-0.2, -0.15) is 0 Å². The van der Waals surface area contributed by atoms with E-state index in [4.69, 9.17) is 9.47 Å². The first-order valence-electron chi connectivity index (χ1n) is 7.33. The zero-order chi connectivity index (χ0) is 16.8. The molecule has 0 saturated heterocycles. The number of halogens is 1. The number of amides is 1. The lowest BCUT2D eigenvalue weighted by atomic mass is 10.1. The van der Waals surface area contributed by atoms with E-state index < -0.39 is 5.82 Å². The van der Waals surface area contributed by atoms with Crippen LogP contribution in [0, 0.1) is 19.7 Å². The van der Waals surface area contributed by atoms with Crippen LogP contribution in [0.15, 0.2) is 36.4 Å². The van der Waals surface area contributed by atoms with Crippen molar-refractivity contribution in [1.29, 1.82) is 0 Å². The van der Waals surface area contributed by atoms with Crippen molar-refractivity contribution in [3.05, 3.63) is 58.9 Å². The zero-order valence-corrected chi connectivity index (χ0v) is 13.5. The predicted octanol–water partition coefficient (Wildman–Crippen LogP) is 3.26. The third-order valence-corrected chi connectivity index (χ3v) is 3.39. The molecule has 1 N–H and O–H groups in total. The molecule has 0 spiro atoms. The topological polar surface area (TPSA) is 47.6 Å². The van der Waals surface area contributed by atoms with Gasteiger partial charge < -0.3 is 14.8 Å². The van der Waals surface area contributed by atoms with E-state index in [0.717, 1.165) is 17.4 Å². The van der Waals surface area contributed by atoms with Gasteiger partial charge >= 0.3 is 0 Å². The van der Waals surface area contributed by atoms with Crippen molar-refractivity contribution in [1.82, 2.24) is 5.32 Å². The Bertz CT molecular complexity index is 701. The van der Waals surface area contributed by atoms with Gasteiger partial charge in [-0.25, -0.2) is 4.39 Å². The standard InChI is InChI=1S/C18H20FNO3/c1-12-4-6-16(13(2)10-12)23-9-8-20-18(21)14-5-7-17(22-3)15(19)11-14/h4-7,10-11H,8-9H2,1-3H3,(H,20,21). The summed E-state index contributed by atoms with van der Waals surface area (Å²) in [5, 5.41) is 2.69. The quantitative estimate of drug-likeness (QED) is 0.832. The molecule has 2 rings (SSSR count). The number of aryl methyl sites for hydroxylation is 2. The molecular formula is C18H20FNO3. The van der Waals surface area contributed by atoms with E-state index >= 15 is 0 Å². The van der Waals surface area contributed by atoms with E-state index in [0.29, 0.717) is 13.2 Å². The largest absolute Gasteiger partial charge is 0.494 e. The smallest absolute Gasteiger partial charge is 0.251 e. The Morgan fingerprint density at radius 1 is 1.13 bits per heavy atom. The number of carbonyl (C=O) groups excluding carboxylic acids is 1. The maximum atomic E-state index is 13.6. The fourth-order valence-corrected chi connectivity index (χ4v) is 2.20. The van der Waals surface area contributed by atoms with Crippen LogP contribution in [0.25, 0.3) is 0 Å². The number of carbonyl (C=O) groups is 1. The van der Waals surface area contributed by atoms with Gasteiger partial charge in [0.2, 0.25) is 0 Å². The van der Waals surface area contributed by atoms with E-state index in [1.54, 1.807) is 0 Å². The zero-order valence-electron chi connectivity index (χ0n) is 13.5. The normalized spacial score (nSPS) is 10.3. The first-order valence-corrected chi connectivity index (χ1v) is 7.33. The molecule has 0 aliphatic rings. The highest BCUT2D eigenvalue weighted by atomic mass is 19.1. The molecule has 0 unspecified atom stereocenters. The summed E-state index contributed by atoms with van der Waals surface area (Å²) < 4.78 is 24.0. The van der Waals surface area contributed by atoms with Crippen LogP contribution in [0.2, 0.25) is 0 Å². The summed E-state index contributed by atoms with van der Waals surface area (Å²) in [5.74, 6) is -0.0115. The molecular weight excluding hydrogens is 297 g/mol. The number of nitrogens with one attached hydrogen (secondary N) is 1. The van der Waals surface area contributed by atoms with Gasteiger partial charge in [0, 0.05) is 5.56 Å². The van der Waals surface area contributed by atoms with Gasteiger partial charge in [0.15, 0.2) is 11.6 Å². The van der Waals surface area contributed by atoms with Crippen LogP contribution in [0.1, 0.15) is 21.5 Å². The fraction of sp³-hybridized carbons (Fsp3) is 0.278. The Balaban J connectivity index is 1.84. The number of rotatable bonds is 6. The van der Waals surface area contributed by atoms with Gasteiger partial charge in [-0.05, 0) is 43.7 Å². The molecule has 0 bridgehead atoms. The molecule has 0 heterocycles. The molecule has 0 fully saturated rings. The van der Waals surface area contributed by atoms with Crippen LogP contribution >= 0.6 is 0 Å². The molecule has 0 aliphatic heterocycles. The number of hydrogen-bond donors (Lipinski definition) is 1. The Morgan fingerprint density at radius 2 is 1.87 bits per heavy atom. The molecule has 5 heteroatoms. The minimum Gasteiger partial charge on any atom is -0.494 e. The molecule has 0 aliphatic carbocycles. The fourth-order valence-electron chi connectivity index (χ4n) is 2.20. The summed E-state index contributed by atoms with van der Waals surface area (Å²) in [6.45, 7) is 4.67. The first-order chi connectivity index (χ1) is 11.0. The molecule has 23 heavy (non-hydrogen) atoms. The van der Waals surface area contributed by atoms with E-state index in [1.807, 2.05) is 32.0 Å². The van der Waals surface area contributed by atoms with Gasteiger partial charge in [0.25, 0.3) is 5.91 Å². The number of ether oxygens (including phenoxy) is 2. The first kappa shape index (κ1) is 16.8. The van der Waals surface area contributed by atoms with Crippen LogP contribution in [-0.2, 0) is 0 Å². The third kappa shape index (κ3) is 4.45. The lowest BCUT2D eigenvalue weighted by Gasteiger charge is -2.11. The van der Waals surface area contributed by atoms with Crippen molar-refractivity contribution >= 4 is 5.91 Å². The second-order valence-corrected chi connectivity index (χ2v) is 5.22. The predicted molar refractivity (Wildman–Crippen MR) is 86.7 cm³/mol. The highest BCUT2D eigenvalue weighted by Gasteiger charge is 2.09. The lowest BCUT2D eigenvalue weighted by Crippen LogP contribution is -2.28. The van der Waals surface area contributed by atoms with Crippen LogP contribution in [0.5, 0.6) is 11.5 Å². The van der Waals surface area contributed by atoms with Gasteiger partial charge in [0.05, 0.1) is 13.7 Å². The Kier molecular flexibility index (Phi) is 5.57. The van der Waals surface area contributed by atoms with Crippen molar-refractivity contribution in [2.24, 2.45) is 0 Å². The van der Waals surface area contributed by atoms with Crippen LogP contribution in [-0.4, -0.2) is 26.2 Å². The summed E-state index contributed by atoms with van der Waals surface area (Å²) in [6, 6.07) is 10.0. The highest BCUT2D eigenvalue weighted by Crippen LogP contribution is 2.19. The van der Waals surface area contributed by atoms with Crippen LogP contribution in [0.3, 0.4) is 0 Å². The molecule has 0 aromatic heterocycles. The SMILES string of the molecule is COc1ccc(C(=O)NCCOc2ccc(C)cc2C)cc1F. The van der Waals surface area contributed by atoms with Crippen LogP contribution < -0.4 is 14.8 Å². The molecule has 0 radical (unpaired) electrons. The van der Waals surface area contributed by atoms with E-state index in [9.17, 15) is 9.18 Å². The van der Waals surface area contributed by atoms with Crippen molar-refractivity contribution in [3.63, 3.8) is 0 Å². The average molecular weight is 317 g/mol. The molecule has 122 valence electrons. The Morgan fingerprint density at radius 3 is 2.52 bits per heavy atom. The van der Waals surface area contributed by atoms with E-state index in [1.165, 1.54) is 24.8 Å². The summed E-state index contributed by atoms with van der Waals surface area (Å²) in [6.07, 6.45) is 0. The van der Waals surface area contributed by atoms with Gasteiger partial charge in [-0.1, -0.05) is 17.7 Å². The molecule has 2 aromatic carbocycles. The second kappa shape index (κ2) is 7.63. The van der Waals surface area contributed by atoms with Crippen molar-refractivity contribution in [2.75, 3.05) is 20.3 Å². The maximum Gasteiger partial charge on any atom is 0.251 e. The maximum absolute atomic E-state index is 13.6. The molecule has 0 atom stereocenters. The number of benzene rings is 2. The monoisotopic (exact) mass is 317 g/mol. The minimum atomic E-state index is -0.563. The highest BCUT2D eigenvalue weighted by molar-refractivity contribution is 5.94. The average Bonchev–Trinajstić information content (AvgIpc) is 2.52. The Labute approximate surface area is 135 Å². The summed E-state index contributed by atoms with van der Waals surface area (Å²) in [5.41, 5.74) is 2.47. The molecule has 4 nitrogen and oxygen atoms in total. The number of hydrogen-bond acceptors (Lipinski definition) is 3. The minimum absolute atomic E-state index is 0.111. The van der Waals surface area contributed by atoms with Gasteiger partial charge in [-0.15, -0.1) is 0 Å². The second-order valence-electron chi connectivity index (χ2n) is 5.22. The van der Waals surface area contributed by atoms with E-state index in [2.05, 4.69) is 5.32 Å². The summed E-state index contributed by atoms with van der Waals surface area (Å²) >= 11 is 0. The molecule has 0 saturated carbocycles. The van der Waals surface area contributed by atoms with Crippen LogP contribution in [0.4, 0.5) is 4.39 Å². The van der Waals surface area contributed by atoms with Crippen molar-refractivity contribution in [2.45, 2.75) is 13.8 Å². The van der Waals surface area contributed by atoms with E-state index in [-0.39, 0.29) is 17.2 Å². The number of methoxy groups -OCH3 is 1. The third-order valence-electron chi connectivity index (χ3n) is 3.39. The molecule has 2 aromatic rings. The van der Waals surface area contributed by atoms with Crippen molar-refractivity contribution in [3.8, 4) is 11.5 Å². The lowest BCUT2D eigenvalue weighted by molar-refractivity contribution is 0.0946. The summed E-state index contributed by atoms with van der Waals surface area (Å²) in [7, 11) is 1.38. The van der Waals surface area contributed by atoms with Crippen molar-refractivity contribution < 1.29 is 18.7 Å². The van der Waals surface area contributed by atoms with Gasteiger partial charge in [0.1, 0.15) is 12.4 Å².